The molecule has 1 fully saturated rings. The lowest BCUT2D eigenvalue weighted by atomic mass is 9.93. The summed E-state index contributed by atoms with van der Waals surface area (Å²) in [6, 6.07) is 17.6. The summed E-state index contributed by atoms with van der Waals surface area (Å²) in [6.07, 6.45) is 1.69. The number of amides is 1. The van der Waals surface area contributed by atoms with Gasteiger partial charge in [-0.05, 0) is 31.0 Å². The van der Waals surface area contributed by atoms with Crippen LogP contribution in [0.5, 0.6) is 0 Å². The van der Waals surface area contributed by atoms with E-state index in [9.17, 15) is 9.59 Å². The molecule has 154 valence electrons. The molecule has 0 bridgehead atoms. The average molecular weight is 403 g/mol. The van der Waals surface area contributed by atoms with Crippen molar-refractivity contribution < 1.29 is 14.3 Å². The smallest absolute Gasteiger partial charge is 0.340 e. The van der Waals surface area contributed by atoms with Crippen molar-refractivity contribution >= 4 is 22.8 Å². The van der Waals surface area contributed by atoms with E-state index in [1.807, 2.05) is 54.6 Å². The molecule has 6 heteroatoms. The molecule has 1 aliphatic rings. The van der Waals surface area contributed by atoms with Gasteiger partial charge in [-0.3, -0.25) is 14.7 Å². The van der Waals surface area contributed by atoms with Crippen LogP contribution >= 0.6 is 0 Å². The molecule has 30 heavy (non-hydrogen) atoms. The molecular formula is C24H25N3O3. The monoisotopic (exact) mass is 403 g/mol. The Balaban J connectivity index is 1.87. The molecule has 3 aromatic rings. The van der Waals surface area contributed by atoms with Gasteiger partial charge >= 0.3 is 5.97 Å². The van der Waals surface area contributed by atoms with Gasteiger partial charge in [0.05, 0.1) is 29.8 Å². The lowest BCUT2D eigenvalue weighted by Crippen LogP contribution is -2.41. The maximum absolute atomic E-state index is 12.9. The summed E-state index contributed by atoms with van der Waals surface area (Å²) in [6.45, 7) is 1.86. The maximum Gasteiger partial charge on any atom is 0.340 e. The van der Waals surface area contributed by atoms with Gasteiger partial charge in [0.25, 0.3) is 0 Å². The van der Waals surface area contributed by atoms with Crippen LogP contribution in [0.2, 0.25) is 0 Å². The van der Waals surface area contributed by atoms with E-state index in [0.717, 1.165) is 41.4 Å². The number of hydrogen-bond acceptors (Lipinski definition) is 5. The number of pyridine rings is 1. The van der Waals surface area contributed by atoms with Gasteiger partial charge in [-0.25, -0.2) is 4.79 Å². The molecule has 6 nitrogen and oxygen atoms in total. The van der Waals surface area contributed by atoms with E-state index in [1.165, 1.54) is 7.11 Å². The quantitative estimate of drug-likeness (QED) is 0.660. The standard InChI is InChI=1S/C24H25N3O3/c1-30-24(29)22-20(15-27-13-7-10-17(14-27)23(25)28)26-19-12-6-5-11-18(19)21(22)16-8-3-2-4-9-16/h2-6,8-9,11-12,17H,7,10,13-15H2,1H3,(H2,25,28)/t17-/m0/s1. The number of para-hydroxylation sites is 1. The number of aromatic nitrogens is 1. The van der Waals surface area contributed by atoms with Crippen molar-refractivity contribution in [2.75, 3.05) is 20.2 Å². The number of carbonyl (C=O) groups excluding carboxylic acids is 2. The van der Waals surface area contributed by atoms with E-state index >= 15 is 0 Å². The predicted molar refractivity (Wildman–Crippen MR) is 116 cm³/mol. The normalized spacial score (nSPS) is 17.0. The minimum Gasteiger partial charge on any atom is -0.465 e. The van der Waals surface area contributed by atoms with Gasteiger partial charge < -0.3 is 10.5 Å². The van der Waals surface area contributed by atoms with E-state index < -0.39 is 5.97 Å². The Kier molecular flexibility index (Phi) is 5.77. The zero-order chi connectivity index (χ0) is 21.1. The lowest BCUT2D eigenvalue weighted by molar-refractivity contribution is -0.123. The van der Waals surface area contributed by atoms with Crippen LogP contribution in [0.1, 0.15) is 28.9 Å². The van der Waals surface area contributed by atoms with Gasteiger partial charge in [-0.15, -0.1) is 0 Å². The molecule has 2 aromatic carbocycles. The Labute approximate surface area is 175 Å². The first-order valence-electron chi connectivity index (χ1n) is 10.2. The van der Waals surface area contributed by atoms with Crippen LogP contribution in [0.3, 0.4) is 0 Å². The number of fused-ring (bicyclic) bond motifs is 1. The third-order valence-corrected chi connectivity index (χ3v) is 5.70. The molecule has 4 rings (SSSR count). The average Bonchev–Trinajstić information content (AvgIpc) is 2.78. The highest BCUT2D eigenvalue weighted by molar-refractivity contribution is 6.07. The van der Waals surface area contributed by atoms with E-state index in [-0.39, 0.29) is 11.8 Å². The van der Waals surface area contributed by atoms with Crippen molar-refractivity contribution in [3.05, 3.63) is 65.9 Å². The fraction of sp³-hybridized carbons (Fsp3) is 0.292. The second-order valence-electron chi connectivity index (χ2n) is 7.66. The molecule has 0 spiro atoms. The number of methoxy groups -OCH3 is 1. The number of carbonyl (C=O) groups is 2. The van der Waals surface area contributed by atoms with E-state index in [2.05, 4.69) is 4.90 Å². The number of likely N-dealkylation sites (tertiary alicyclic amines) is 1. The van der Waals surface area contributed by atoms with Gasteiger partial charge in [-0.1, -0.05) is 48.5 Å². The minimum absolute atomic E-state index is 0.172. The van der Waals surface area contributed by atoms with Crippen molar-refractivity contribution in [3.63, 3.8) is 0 Å². The Morgan fingerprint density at radius 1 is 1.13 bits per heavy atom. The van der Waals surface area contributed by atoms with Gasteiger partial charge in [0.1, 0.15) is 0 Å². The minimum atomic E-state index is -0.412. The second-order valence-corrected chi connectivity index (χ2v) is 7.66. The molecule has 1 aliphatic heterocycles. The first-order valence-corrected chi connectivity index (χ1v) is 10.2. The molecule has 1 aromatic heterocycles. The summed E-state index contributed by atoms with van der Waals surface area (Å²) in [7, 11) is 1.39. The van der Waals surface area contributed by atoms with Gasteiger partial charge in [0, 0.05) is 24.0 Å². The number of nitrogens with zero attached hydrogens (tertiary/aromatic N) is 2. The Morgan fingerprint density at radius 3 is 2.60 bits per heavy atom. The predicted octanol–water partition coefficient (Wildman–Crippen LogP) is 3.39. The SMILES string of the molecule is COC(=O)c1c(CN2CCC[C@H](C(N)=O)C2)nc2ccccc2c1-c1ccccc1. The van der Waals surface area contributed by atoms with Crippen molar-refractivity contribution in [2.45, 2.75) is 19.4 Å². The van der Waals surface area contributed by atoms with Crippen LogP contribution in [0, 0.1) is 5.92 Å². The number of piperidine rings is 1. The highest BCUT2D eigenvalue weighted by Gasteiger charge is 2.28. The number of rotatable bonds is 5. The first-order chi connectivity index (χ1) is 14.6. The topological polar surface area (TPSA) is 85.5 Å². The van der Waals surface area contributed by atoms with Gasteiger partial charge in [0.2, 0.25) is 5.91 Å². The molecule has 0 aliphatic carbocycles. The summed E-state index contributed by atoms with van der Waals surface area (Å²) in [5, 5.41) is 0.904. The lowest BCUT2D eigenvalue weighted by Gasteiger charge is -2.31. The van der Waals surface area contributed by atoms with Crippen LogP contribution in [-0.4, -0.2) is 42.0 Å². The largest absolute Gasteiger partial charge is 0.465 e. The number of benzene rings is 2. The second kappa shape index (κ2) is 8.63. The number of esters is 1. The summed E-state index contributed by atoms with van der Waals surface area (Å²) >= 11 is 0. The number of primary amides is 1. The maximum atomic E-state index is 12.9. The molecular weight excluding hydrogens is 378 g/mol. The molecule has 1 atom stereocenters. The number of ether oxygens (including phenoxy) is 1. The van der Waals surface area contributed by atoms with E-state index in [1.54, 1.807) is 0 Å². The summed E-state index contributed by atoms with van der Waals surface area (Å²) in [5.74, 6) is -0.857. The zero-order valence-electron chi connectivity index (χ0n) is 17.0. The highest BCUT2D eigenvalue weighted by Crippen LogP contribution is 2.34. The van der Waals surface area contributed by atoms with Crippen LogP contribution in [0.4, 0.5) is 0 Å². The van der Waals surface area contributed by atoms with Crippen LogP contribution < -0.4 is 5.73 Å². The van der Waals surface area contributed by atoms with Crippen molar-refractivity contribution in [2.24, 2.45) is 11.7 Å². The van der Waals surface area contributed by atoms with E-state index in [0.29, 0.717) is 24.3 Å². The first kappa shape index (κ1) is 20.0. The van der Waals surface area contributed by atoms with Gasteiger partial charge in [-0.2, -0.15) is 0 Å². The Bertz CT molecular complexity index is 1080. The van der Waals surface area contributed by atoms with Crippen molar-refractivity contribution in [1.82, 2.24) is 9.88 Å². The van der Waals surface area contributed by atoms with Crippen LogP contribution in [-0.2, 0) is 16.1 Å². The fourth-order valence-corrected chi connectivity index (χ4v) is 4.25. The fourth-order valence-electron chi connectivity index (χ4n) is 4.25. The van der Waals surface area contributed by atoms with Gasteiger partial charge in [0.15, 0.2) is 0 Å². The third kappa shape index (κ3) is 3.91. The summed E-state index contributed by atoms with van der Waals surface area (Å²) in [5.41, 5.74) is 9.26. The Hall–Kier alpha value is -3.25. The number of nitrogens with two attached hydrogens (primary N) is 1. The summed E-state index contributed by atoms with van der Waals surface area (Å²) < 4.78 is 5.16. The molecule has 2 N–H and O–H groups in total. The molecule has 0 unspecified atom stereocenters. The molecule has 2 heterocycles. The van der Waals surface area contributed by atoms with Crippen LogP contribution in [0.15, 0.2) is 54.6 Å². The Morgan fingerprint density at radius 2 is 1.87 bits per heavy atom. The van der Waals surface area contributed by atoms with Crippen molar-refractivity contribution in [3.8, 4) is 11.1 Å². The molecule has 1 amide bonds. The molecule has 0 saturated carbocycles. The van der Waals surface area contributed by atoms with E-state index in [4.69, 9.17) is 15.5 Å². The summed E-state index contributed by atoms with van der Waals surface area (Å²) in [4.78, 5) is 31.6. The zero-order valence-corrected chi connectivity index (χ0v) is 17.0. The molecule has 1 saturated heterocycles. The van der Waals surface area contributed by atoms with Crippen molar-refractivity contribution in [1.29, 1.82) is 0 Å². The molecule has 0 radical (unpaired) electrons. The third-order valence-electron chi connectivity index (χ3n) is 5.70. The highest BCUT2D eigenvalue weighted by atomic mass is 16.5. The van der Waals surface area contributed by atoms with Crippen LogP contribution in [0.25, 0.3) is 22.0 Å². The number of hydrogen-bond donors (Lipinski definition) is 1.